The van der Waals surface area contributed by atoms with Gasteiger partial charge < -0.3 is 29.5 Å². The number of benzene rings is 2. The van der Waals surface area contributed by atoms with E-state index in [1.807, 2.05) is 27.9 Å². The van der Waals surface area contributed by atoms with Crippen LogP contribution in [-0.2, 0) is 9.59 Å². The summed E-state index contributed by atoms with van der Waals surface area (Å²) >= 11 is 0. The number of rotatable bonds is 10. The maximum atomic E-state index is 13.6. The van der Waals surface area contributed by atoms with Crippen LogP contribution in [0.2, 0.25) is 0 Å². The van der Waals surface area contributed by atoms with Crippen LogP contribution in [0.1, 0.15) is 37.4 Å². The zero-order valence-electron chi connectivity index (χ0n) is 21.0. The van der Waals surface area contributed by atoms with Crippen LogP contribution in [0.3, 0.4) is 0 Å². The van der Waals surface area contributed by atoms with Gasteiger partial charge in [0.05, 0.1) is 40.4 Å². The second-order valence-electron chi connectivity index (χ2n) is 9.44. The monoisotopic (exact) mass is 482 g/mol. The minimum Gasteiger partial charge on any atom is -0.872 e. The van der Waals surface area contributed by atoms with Gasteiger partial charge in [0.25, 0.3) is 5.91 Å². The van der Waals surface area contributed by atoms with Crippen molar-refractivity contribution in [1.82, 2.24) is 4.90 Å². The molecule has 1 aliphatic heterocycles. The Balaban J connectivity index is 2.04. The summed E-state index contributed by atoms with van der Waals surface area (Å²) in [6.45, 7) is 5.75. The minimum atomic E-state index is -0.869. The predicted octanol–water partition coefficient (Wildman–Crippen LogP) is 1.19. The molecular formula is C27H34N2O6. The molecule has 1 heterocycles. The molecule has 1 unspecified atom stereocenters. The highest BCUT2D eigenvalue weighted by molar-refractivity contribution is 6.46. The summed E-state index contributed by atoms with van der Waals surface area (Å²) in [4.78, 5) is 28.8. The number of phenolic OH excluding ortho intramolecular Hbond substituents is 1. The highest BCUT2D eigenvalue weighted by Crippen LogP contribution is 2.41. The molecule has 3 rings (SSSR count). The molecule has 8 nitrogen and oxygen atoms in total. The number of methoxy groups -OCH3 is 1. The maximum Gasteiger partial charge on any atom is 0.295 e. The van der Waals surface area contributed by atoms with Crippen molar-refractivity contribution in [3.63, 3.8) is 0 Å². The molecule has 1 atom stereocenters. The molecule has 8 heteroatoms. The number of phenols is 1. The van der Waals surface area contributed by atoms with Gasteiger partial charge in [-0.3, -0.25) is 9.59 Å². The Hall–Kier alpha value is -3.52. The van der Waals surface area contributed by atoms with E-state index in [1.54, 1.807) is 36.4 Å². The van der Waals surface area contributed by atoms with Crippen molar-refractivity contribution in [3.05, 3.63) is 59.2 Å². The number of ketones is 1. The van der Waals surface area contributed by atoms with Crippen LogP contribution in [0.15, 0.2) is 48.0 Å². The van der Waals surface area contributed by atoms with Gasteiger partial charge in [0.1, 0.15) is 5.75 Å². The van der Waals surface area contributed by atoms with Gasteiger partial charge in [-0.05, 0) is 41.3 Å². The van der Waals surface area contributed by atoms with Crippen molar-refractivity contribution < 1.29 is 34.2 Å². The lowest BCUT2D eigenvalue weighted by Crippen LogP contribution is -3.05. The lowest BCUT2D eigenvalue weighted by Gasteiger charge is -2.28. The number of amides is 1. The predicted molar refractivity (Wildman–Crippen MR) is 130 cm³/mol. The topological polar surface area (TPSA) is 104 Å². The van der Waals surface area contributed by atoms with Crippen LogP contribution in [0.5, 0.6) is 17.2 Å². The van der Waals surface area contributed by atoms with Crippen molar-refractivity contribution >= 4 is 17.4 Å². The van der Waals surface area contributed by atoms with E-state index >= 15 is 0 Å². The molecule has 1 amide bonds. The summed E-state index contributed by atoms with van der Waals surface area (Å²) in [7, 11) is 5.43. The Kier molecular flexibility index (Phi) is 8.40. The average molecular weight is 483 g/mol. The first-order valence-corrected chi connectivity index (χ1v) is 11.8. The largest absolute Gasteiger partial charge is 0.872 e. The van der Waals surface area contributed by atoms with Crippen LogP contribution >= 0.6 is 0 Å². The first kappa shape index (κ1) is 26.1. The van der Waals surface area contributed by atoms with Gasteiger partial charge in [-0.1, -0.05) is 37.8 Å². The van der Waals surface area contributed by atoms with E-state index in [4.69, 9.17) is 9.47 Å². The van der Waals surface area contributed by atoms with Gasteiger partial charge in [0, 0.05) is 18.5 Å². The Morgan fingerprint density at radius 1 is 1.14 bits per heavy atom. The number of nitrogens with zero attached hydrogens (tertiary/aromatic N) is 1. The molecule has 2 N–H and O–H groups in total. The quantitative estimate of drug-likeness (QED) is 0.300. The fraction of sp³-hybridized carbons (Fsp3) is 0.407. The molecule has 0 aliphatic carbocycles. The molecule has 2 aromatic carbocycles. The summed E-state index contributed by atoms with van der Waals surface area (Å²) in [5, 5.41) is 23.6. The van der Waals surface area contributed by atoms with Gasteiger partial charge in [-0.15, -0.1) is 0 Å². The SMILES string of the molecule is COc1cc(C2C(=C([O-])c3ccc(OCC(C)C)cc3)C(=O)C(=O)N2CCC[NH+](C)C)ccc1O. The molecule has 35 heavy (non-hydrogen) atoms. The fourth-order valence-corrected chi connectivity index (χ4v) is 4.04. The summed E-state index contributed by atoms with van der Waals surface area (Å²) in [6.07, 6.45) is 0.663. The van der Waals surface area contributed by atoms with E-state index in [0.717, 1.165) is 6.54 Å². The van der Waals surface area contributed by atoms with E-state index in [2.05, 4.69) is 0 Å². The van der Waals surface area contributed by atoms with E-state index in [9.17, 15) is 19.8 Å². The molecular weight excluding hydrogens is 448 g/mol. The van der Waals surface area contributed by atoms with Crippen molar-refractivity contribution in [3.8, 4) is 17.2 Å². The van der Waals surface area contributed by atoms with Gasteiger partial charge in [0.2, 0.25) is 5.78 Å². The third-order valence-corrected chi connectivity index (χ3v) is 5.82. The summed E-state index contributed by atoms with van der Waals surface area (Å²) < 4.78 is 10.9. The molecule has 1 aliphatic rings. The molecule has 0 bridgehead atoms. The van der Waals surface area contributed by atoms with Crippen LogP contribution in [-0.4, -0.2) is 62.6 Å². The third-order valence-electron chi connectivity index (χ3n) is 5.82. The van der Waals surface area contributed by atoms with Gasteiger partial charge in [0.15, 0.2) is 11.5 Å². The molecule has 0 aromatic heterocycles. The van der Waals surface area contributed by atoms with Crippen LogP contribution in [0.25, 0.3) is 5.76 Å². The molecule has 1 fully saturated rings. The van der Waals surface area contributed by atoms with Crippen LogP contribution in [0, 0.1) is 5.92 Å². The normalized spacial score (nSPS) is 17.5. The number of ether oxygens (including phenoxy) is 2. The molecule has 0 spiro atoms. The number of hydrogen-bond acceptors (Lipinski definition) is 6. The lowest BCUT2D eigenvalue weighted by atomic mass is 9.95. The number of carbonyl (C=O) groups is 2. The Labute approximate surface area is 206 Å². The van der Waals surface area contributed by atoms with Crippen molar-refractivity contribution in [2.75, 3.05) is 40.9 Å². The molecule has 0 radical (unpaired) electrons. The number of hydrogen-bond donors (Lipinski definition) is 2. The van der Waals surface area contributed by atoms with E-state index in [0.29, 0.717) is 42.4 Å². The zero-order chi connectivity index (χ0) is 25.7. The van der Waals surface area contributed by atoms with E-state index in [1.165, 1.54) is 23.0 Å². The molecule has 0 saturated carbocycles. The third kappa shape index (κ3) is 5.95. The Bertz CT molecular complexity index is 1090. The van der Waals surface area contributed by atoms with Crippen molar-refractivity contribution in [2.45, 2.75) is 26.3 Å². The smallest absolute Gasteiger partial charge is 0.295 e. The van der Waals surface area contributed by atoms with E-state index in [-0.39, 0.29) is 17.1 Å². The van der Waals surface area contributed by atoms with Gasteiger partial charge in [-0.25, -0.2) is 0 Å². The van der Waals surface area contributed by atoms with Crippen LogP contribution in [0.4, 0.5) is 0 Å². The minimum absolute atomic E-state index is 0.0699. The van der Waals surface area contributed by atoms with Crippen LogP contribution < -0.4 is 19.5 Å². The molecule has 188 valence electrons. The summed E-state index contributed by atoms with van der Waals surface area (Å²) in [5.41, 5.74) is 0.723. The number of likely N-dealkylation sites (tertiary alicyclic amines) is 1. The lowest BCUT2D eigenvalue weighted by molar-refractivity contribution is -0.858. The maximum absolute atomic E-state index is 13.6. The summed E-state index contributed by atoms with van der Waals surface area (Å²) in [6, 6.07) is 10.3. The van der Waals surface area contributed by atoms with Crippen molar-refractivity contribution in [1.29, 1.82) is 0 Å². The number of Topliss-reactive ketones (excluding diaryl/α,β-unsaturated/α-hetero) is 1. The highest BCUT2D eigenvalue weighted by Gasteiger charge is 2.44. The fourth-order valence-electron chi connectivity index (χ4n) is 4.04. The number of carbonyl (C=O) groups excluding carboxylic acids is 2. The molecule has 2 aromatic rings. The summed E-state index contributed by atoms with van der Waals surface area (Å²) in [5.74, 6) is -0.888. The van der Waals surface area contributed by atoms with Gasteiger partial charge in [-0.2, -0.15) is 0 Å². The first-order valence-electron chi connectivity index (χ1n) is 11.8. The van der Waals surface area contributed by atoms with Gasteiger partial charge >= 0.3 is 0 Å². The number of aromatic hydroxyl groups is 1. The Morgan fingerprint density at radius 2 is 1.83 bits per heavy atom. The zero-order valence-corrected chi connectivity index (χ0v) is 21.0. The first-order chi connectivity index (χ1) is 16.6. The standard InChI is InChI=1S/C27H34N2O6/c1-17(2)16-35-20-10-7-18(8-11-20)25(31)23-24(19-9-12-21(30)22(15-19)34-5)29(27(33)26(23)32)14-6-13-28(3)4/h7-12,15,17,24,30-31H,6,13-14,16H2,1-5H3. The highest BCUT2D eigenvalue weighted by atomic mass is 16.5. The van der Waals surface area contributed by atoms with Crippen molar-refractivity contribution in [2.24, 2.45) is 5.92 Å². The van der Waals surface area contributed by atoms with E-state index < -0.39 is 23.5 Å². The number of nitrogens with one attached hydrogen (secondary N) is 1. The second kappa shape index (κ2) is 11.3. The average Bonchev–Trinajstić information content (AvgIpc) is 3.07. The molecule has 1 saturated heterocycles. The Morgan fingerprint density at radius 3 is 2.43 bits per heavy atom. The second-order valence-corrected chi connectivity index (χ2v) is 9.44. The number of quaternary nitrogens is 1.